The summed E-state index contributed by atoms with van der Waals surface area (Å²) in [4.78, 5) is 14.7. The Morgan fingerprint density at radius 2 is 1.71 bits per heavy atom. The number of unbranched alkanes of at least 4 members (excludes halogenated alkanes) is 4. The molecule has 11 heteroatoms. The van der Waals surface area contributed by atoms with Crippen molar-refractivity contribution in [2.75, 3.05) is 45.6 Å². The number of hydrogen-bond acceptors (Lipinski definition) is 5. The number of carbonyl (C=O) groups is 1. The van der Waals surface area contributed by atoms with Crippen LogP contribution in [-0.2, 0) is 16.0 Å². The number of methoxy groups -OCH3 is 1. The molecule has 0 unspecified atom stereocenters. The van der Waals surface area contributed by atoms with Gasteiger partial charge in [0.25, 0.3) is 0 Å². The quantitative estimate of drug-likeness (QED) is 0.135. The second-order valence-corrected chi connectivity index (χ2v) is 8.59. The molecular formula is C27H36F4N2O5. The van der Waals surface area contributed by atoms with Gasteiger partial charge in [0.15, 0.2) is 19.2 Å². The van der Waals surface area contributed by atoms with E-state index < -0.39 is 36.1 Å². The summed E-state index contributed by atoms with van der Waals surface area (Å²) in [6, 6.07) is 9.87. The zero-order valence-corrected chi connectivity index (χ0v) is 21.8. The smallest absolute Gasteiger partial charge is 0.422 e. The Morgan fingerprint density at radius 1 is 0.974 bits per heavy atom. The summed E-state index contributed by atoms with van der Waals surface area (Å²) >= 11 is 0. The Kier molecular flexibility index (Phi) is 13.7. The monoisotopic (exact) mass is 544 g/mol. The third-order valence-electron chi connectivity index (χ3n) is 5.45. The molecule has 0 fully saturated rings. The van der Waals surface area contributed by atoms with E-state index in [1.54, 1.807) is 31.4 Å². The van der Waals surface area contributed by atoms with Crippen molar-refractivity contribution in [3.8, 4) is 11.5 Å². The third-order valence-corrected chi connectivity index (χ3v) is 5.45. The van der Waals surface area contributed by atoms with Gasteiger partial charge in [0, 0.05) is 20.2 Å². The number of anilines is 1. The van der Waals surface area contributed by atoms with Crippen molar-refractivity contribution < 1.29 is 41.3 Å². The maximum atomic E-state index is 14.5. The lowest BCUT2D eigenvalue weighted by atomic mass is 10.1. The van der Waals surface area contributed by atoms with Crippen LogP contribution in [0.15, 0.2) is 42.5 Å². The highest BCUT2D eigenvalue weighted by Crippen LogP contribution is 2.30. The number of ether oxygens (including phenoxy) is 4. The Hall–Kier alpha value is -3.05. The molecular weight excluding hydrogens is 508 g/mol. The van der Waals surface area contributed by atoms with Crippen LogP contribution in [0.3, 0.4) is 0 Å². The number of carbonyl (C=O) groups excluding carboxylic acids is 1. The Bertz CT molecular complexity index is 957. The van der Waals surface area contributed by atoms with E-state index in [2.05, 4.69) is 12.2 Å². The van der Waals surface area contributed by atoms with Gasteiger partial charge in [0.05, 0.1) is 13.2 Å². The fraction of sp³-hybridized carbons (Fsp3) is 0.519. The number of alkyl halides is 3. The molecule has 38 heavy (non-hydrogen) atoms. The SMILES string of the molecule is CCCCCCCN(Cc1ccc(OCOCCOC)cc1)C(=O)Nc1c(F)cccc1OCC(F)(F)F. The number of benzene rings is 2. The van der Waals surface area contributed by atoms with Crippen LogP contribution in [0, 0.1) is 5.82 Å². The zero-order valence-electron chi connectivity index (χ0n) is 21.8. The Balaban J connectivity index is 2.08. The van der Waals surface area contributed by atoms with Crippen LogP contribution in [0.5, 0.6) is 11.5 Å². The fourth-order valence-corrected chi connectivity index (χ4v) is 3.47. The largest absolute Gasteiger partial charge is 0.482 e. The van der Waals surface area contributed by atoms with Crippen LogP contribution in [-0.4, -0.2) is 57.4 Å². The highest BCUT2D eigenvalue weighted by molar-refractivity contribution is 5.91. The van der Waals surface area contributed by atoms with Crippen molar-refractivity contribution in [3.63, 3.8) is 0 Å². The van der Waals surface area contributed by atoms with E-state index >= 15 is 0 Å². The maximum Gasteiger partial charge on any atom is 0.422 e. The van der Waals surface area contributed by atoms with E-state index in [4.69, 9.17) is 18.9 Å². The molecule has 212 valence electrons. The fourth-order valence-electron chi connectivity index (χ4n) is 3.47. The van der Waals surface area contributed by atoms with Gasteiger partial charge in [-0.1, -0.05) is 50.8 Å². The number of nitrogens with zero attached hydrogens (tertiary/aromatic N) is 1. The summed E-state index contributed by atoms with van der Waals surface area (Å²) in [5.41, 5.74) is 0.360. The van der Waals surface area contributed by atoms with E-state index in [1.807, 2.05) is 0 Å². The van der Waals surface area contributed by atoms with Gasteiger partial charge in [-0.15, -0.1) is 0 Å². The van der Waals surface area contributed by atoms with Gasteiger partial charge in [0.1, 0.15) is 17.2 Å². The first-order valence-electron chi connectivity index (χ1n) is 12.6. The van der Waals surface area contributed by atoms with Gasteiger partial charge in [-0.2, -0.15) is 13.2 Å². The van der Waals surface area contributed by atoms with E-state index in [-0.39, 0.29) is 13.3 Å². The van der Waals surface area contributed by atoms with Gasteiger partial charge >= 0.3 is 12.2 Å². The summed E-state index contributed by atoms with van der Waals surface area (Å²) in [5, 5.41) is 2.41. The molecule has 0 spiro atoms. The molecule has 2 aromatic carbocycles. The van der Waals surface area contributed by atoms with Crippen molar-refractivity contribution in [1.82, 2.24) is 4.90 Å². The summed E-state index contributed by atoms with van der Waals surface area (Å²) < 4.78 is 72.9. The molecule has 7 nitrogen and oxygen atoms in total. The van der Waals surface area contributed by atoms with Crippen molar-refractivity contribution in [2.24, 2.45) is 0 Å². The second kappa shape index (κ2) is 16.7. The van der Waals surface area contributed by atoms with Gasteiger partial charge in [-0.25, -0.2) is 9.18 Å². The normalized spacial score (nSPS) is 11.3. The predicted octanol–water partition coefficient (Wildman–Crippen LogP) is 6.77. The average Bonchev–Trinajstić information content (AvgIpc) is 2.88. The summed E-state index contributed by atoms with van der Waals surface area (Å²) in [5.74, 6) is -0.706. The lowest BCUT2D eigenvalue weighted by Crippen LogP contribution is -2.35. The second-order valence-electron chi connectivity index (χ2n) is 8.59. The van der Waals surface area contributed by atoms with Crippen molar-refractivity contribution in [2.45, 2.75) is 51.7 Å². The molecule has 2 rings (SSSR count). The molecule has 0 aliphatic rings. The lowest BCUT2D eigenvalue weighted by Gasteiger charge is -2.24. The lowest BCUT2D eigenvalue weighted by molar-refractivity contribution is -0.153. The van der Waals surface area contributed by atoms with Crippen LogP contribution in [0.25, 0.3) is 0 Å². The maximum absolute atomic E-state index is 14.5. The number of para-hydroxylation sites is 1. The highest BCUT2D eigenvalue weighted by Gasteiger charge is 2.29. The average molecular weight is 545 g/mol. The predicted molar refractivity (Wildman–Crippen MR) is 136 cm³/mol. The molecule has 0 aliphatic heterocycles. The third kappa shape index (κ3) is 12.0. The first-order chi connectivity index (χ1) is 18.2. The summed E-state index contributed by atoms with van der Waals surface area (Å²) in [7, 11) is 1.58. The Morgan fingerprint density at radius 3 is 2.39 bits per heavy atom. The Labute approximate surface area is 221 Å². The molecule has 0 bridgehead atoms. The number of nitrogens with one attached hydrogen (secondary N) is 1. The van der Waals surface area contributed by atoms with Crippen LogP contribution in [0.2, 0.25) is 0 Å². The molecule has 0 atom stereocenters. The van der Waals surface area contributed by atoms with E-state index in [1.165, 1.54) is 17.0 Å². The highest BCUT2D eigenvalue weighted by atomic mass is 19.4. The summed E-state index contributed by atoms with van der Waals surface area (Å²) in [6.45, 7) is 2.02. The number of halogens is 4. The standard InChI is InChI=1S/C27H36F4N2O5/c1-3-4-5-6-7-15-33(18-21-11-13-22(14-12-21)38-20-36-17-16-35-2)26(34)32-25-23(28)9-8-10-24(25)37-19-27(29,30)31/h8-14H,3-7,15-20H2,1-2H3,(H,32,34). The van der Waals surface area contributed by atoms with Gasteiger partial charge in [-0.05, 0) is 36.2 Å². The van der Waals surface area contributed by atoms with Crippen LogP contribution in [0.4, 0.5) is 28.0 Å². The minimum atomic E-state index is -4.61. The van der Waals surface area contributed by atoms with Gasteiger partial charge < -0.3 is 29.2 Å². The topological polar surface area (TPSA) is 69.3 Å². The summed E-state index contributed by atoms with van der Waals surface area (Å²) in [6.07, 6.45) is 0.203. The zero-order chi connectivity index (χ0) is 27.8. The first kappa shape index (κ1) is 31.2. The molecule has 0 aromatic heterocycles. The van der Waals surface area contributed by atoms with Crippen molar-refractivity contribution in [1.29, 1.82) is 0 Å². The van der Waals surface area contributed by atoms with Crippen molar-refractivity contribution >= 4 is 11.7 Å². The molecule has 0 radical (unpaired) electrons. The molecule has 0 saturated heterocycles. The van der Waals surface area contributed by atoms with Gasteiger partial charge in [0.2, 0.25) is 0 Å². The molecule has 0 aliphatic carbocycles. The van der Waals surface area contributed by atoms with Crippen LogP contribution in [0.1, 0.15) is 44.6 Å². The first-order valence-corrected chi connectivity index (χ1v) is 12.6. The van der Waals surface area contributed by atoms with E-state index in [0.717, 1.165) is 43.7 Å². The number of urea groups is 1. The molecule has 2 aromatic rings. The van der Waals surface area contributed by atoms with Crippen molar-refractivity contribution in [3.05, 3.63) is 53.8 Å². The van der Waals surface area contributed by atoms with E-state index in [0.29, 0.717) is 25.5 Å². The molecule has 0 heterocycles. The minimum absolute atomic E-state index is 0.0659. The van der Waals surface area contributed by atoms with Gasteiger partial charge in [-0.3, -0.25) is 0 Å². The minimum Gasteiger partial charge on any atom is -0.482 e. The van der Waals surface area contributed by atoms with E-state index in [9.17, 15) is 22.4 Å². The molecule has 2 amide bonds. The number of hydrogen-bond donors (Lipinski definition) is 1. The van der Waals surface area contributed by atoms with Crippen LogP contribution < -0.4 is 14.8 Å². The molecule has 1 N–H and O–H groups in total. The number of amides is 2. The molecule has 0 saturated carbocycles. The van der Waals surface area contributed by atoms with Crippen LogP contribution >= 0.6 is 0 Å². The number of rotatable bonds is 17.